The summed E-state index contributed by atoms with van der Waals surface area (Å²) in [5, 5.41) is 19.3. The monoisotopic (exact) mass is 232 g/mol. The molecule has 4 heteroatoms. The van der Waals surface area contributed by atoms with Gasteiger partial charge < -0.3 is 14.9 Å². The third kappa shape index (κ3) is 2.54. The number of aromatic carboxylic acids is 1. The molecule has 0 spiro atoms. The molecule has 2 aromatic carbocycles. The van der Waals surface area contributed by atoms with Crippen molar-refractivity contribution in [2.45, 2.75) is 0 Å². The minimum Gasteiger partial charge on any atom is -0.491 e. The Morgan fingerprint density at radius 1 is 1.12 bits per heavy atom. The van der Waals surface area contributed by atoms with E-state index in [2.05, 4.69) is 0 Å². The first kappa shape index (κ1) is 11.4. The van der Waals surface area contributed by atoms with Crippen LogP contribution in [0, 0.1) is 0 Å². The number of carboxylic acids is 1. The van der Waals surface area contributed by atoms with E-state index in [9.17, 15) is 4.79 Å². The number of benzene rings is 2. The summed E-state index contributed by atoms with van der Waals surface area (Å²) in [7, 11) is 0. The van der Waals surface area contributed by atoms with Gasteiger partial charge in [0.2, 0.25) is 0 Å². The van der Waals surface area contributed by atoms with E-state index in [1.807, 2.05) is 6.07 Å². The fourth-order valence-corrected chi connectivity index (χ4v) is 1.61. The van der Waals surface area contributed by atoms with Crippen molar-refractivity contribution in [2.24, 2.45) is 0 Å². The Balaban J connectivity index is 2.36. The fourth-order valence-electron chi connectivity index (χ4n) is 1.61. The van der Waals surface area contributed by atoms with Crippen molar-refractivity contribution >= 4 is 16.7 Å². The molecule has 0 aliphatic carbocycles. The summed E-state index contributed by atoms with van der Waals surface area (Å²) in [5.41, 5.74) is 0.265. The standard InChI is InChI=1S/C13H12O4/c14-5-6-17-12-4-3-9-7-11(13(15)16)2-1-10(9)8-12/h1-4,7-8,14H,5-6H2,(H,15,16). The minimum atomic E-state index is -0.937. The van der Waals surface area contributed by atoms with Crippen LogP contribution in [0.15, 0.2) is 36.4 Å². The molecular formula is C13H12O4. The first-order valence-corrected chi connectivity index (χ1v) is 5.21. The van der Waals surface area contributed by atoms with Gasteiger partial charge in [-0.05, 0) is 35.0 Å². The van der Waals surface area contributed by atoms with Gasteiger partial charge in [0.25, 0.3) is 0 Å². The van der Waals surface area contributed by atoms with Gasteiger partial charge >= 0.3 is 5.97 Å². The van der Waals surface area contributed by atoms with Crippen molar-refractivity contribution in [1.29, 1.82) is 0 Å². The summed E-state index contributed by atoms with van der Waals surface area (Å²) < 4.78 is 5.27. The maximum Gasteiger partial charge on any atom is 0.335 e. The molecule has 0 aromatic heterocycles. The molecule has 0 saturated heterocycles. The van der Waals surface area contributed by atoms with Gasteiger partial charge in [-0.3, -0.25) is 0 Å². The molecule has 0 heterocycles. The summed E-state index contributed by atoms with van der Waals surface area (Å²) >= 11 is 0. The Labute approximate surface area is 98.1 Å². The van der Waals surface area contributed by atoms with E-state index in [1.165, 1.54) is 0 Å². The smallest absolute Gasteiger partial charge is 0.335 e. The second kappa shape index (κ2) is 4.84. The van der Waals surface area contributed by atoms with E-state index < -0.39 is 5.97 Å². The average Bonchev–Trinajstić information content (AvgIpc) is 2.35. The van der Waals surface area contributed by atoms with Gasteiger partial charge in [0.1, 0.15) is 12.4 Å². The SMILES string of the molecule is O=C(O)c1ccc2cc(OCCO)ccc2c1. The number of carboxylic acid groups (broad SMARTS) is 1. The van der Waals surface area contributed by atoms with E-state index in [-0.39, 0.29) is 18.8 Å². The third-order valence-electron chi connectivity index (χ3n) is 2.42. The molecule has 0 unspecified atom stereocenters. The lowest BCUT2D eigenvalue weighted by molar-refractivity contribution is 0.0697. The van der Waals surface area contributed by atoms with E-state index in [0.717, 1.165) is 10.8 Å². The molecule has 2 aromatic rings. The van der Waals surface area contributed by atoms with Crippen LogP contribution in [-0.2, 0) is 0 Å². The summed E-state index contributed by atoms with van der Waals surface area (Å²) in [6.07, 6.45) is 0. The van der Waals surface area contributed by atoms with E-state index in [0.29, 0.717) is 5.75 Å². The lowest BCUT2D eigenvalue weighted by Crippen LogP contribution is -2.01. The summed E-state index contributed by atoms with van der Waals surface area (Å²) in [5.74, 6) is -0.276. The zero-order valence-corrected chi connectivity index (χ0v) is 9.09. The van der Waals surface area contributed by atoms with Gasteiger partial charge in [-0.15, -0.1) is 0 Å². The molecule has 0 radical (unpaired) electrons. The fraction of sp³-hybridized carbons (Fsp3) is 0.154. The van der Waals surface area contributed by atoms with Crippen molar-refractivity contribution in [2.75, 3.05) is 13.2 Å². The van der Waals surface area contributed by atoms with Crippen LogP contribution in [0.1, 0.15) is 10.4 Å². The average molecular weight is 232 g/mol. The van der Waals surface area contributed by atoms with Crippen molar-refractivity contribution in [3.8, 4) is 5.75 Å². The number of aliphatic hydroxyl groups excluding tert-OH is 1. The largest absolute Gasteiger partial charge is 0.491 e. The maximum absolute atomic E-state index is 10.8. The zero-order valence-electron chi connectivity index (χ0n) is 9.09. The molecule has 4 nitrogen and oxygen atoms in total. The van der Waals surface area contributed by atoms with Crippen molar-refractivity contribution in [3.05, 3.63) is 42.0 Å². The predicted molar refractivity (Wildman–Crippen MR) is 63.5 cm³/mol. The van der Waals surface area contributed by atoms with Crippen LogP contribution in [0.4, 0.5) is 0 Å². The first-order valence-electron chi connectivity index (χ1n) is 5.21. The lowest BCUT2D eigenvalue weighted by Gasteiger charge is -2.06. The molecule has 0 amide bonds. The van der Waals surface area contributed by atoms with Crippen molar-refractivity contribution < 1.29 is 19.7 Å². The van der Waals surface area contributed by atoms with E-state index >= 15 is 0 Å². The Morgan fingerprint density at radius 2 is 1.82 bits per heavy atom. The minimum absolute atomic E-state index is 0.0318. The molecule has 17 heavy (non-hydrogen) atoms. The molecule has 0 aliphatic heterocycles. The number of carbonyl (C=O) groups is 1. The Morgan fingerprint density at radius 3 is 2.53 bits per heavy atom. The van der Waals surface area contributed by atoms with Crippen molar-refractivity contribution in [3.63, 3.8) is 0 Å². The maximum atomic E-state index is 10.8. The van der Waals surface area contributed by atoms with Gasteiger partial charge in [-0.25, -0.2) is 4.79 Å². The molecule has 0 bridgehead atoms. The van der Waals surface area contributed by atoms with E-state index in [1.54, 1.807) is 30.3 Å². The quantitative estimate of drug-likeness (QED) is 0.845. The number of rotatable bonds is 4. The number of hydrogen-bond donors (Lipinski definition) is 2. The Bertz CT molecular complexity index is 548. The van der Waals surface area contributed by atoms with Gasteiger partial charge in [0, 0.05) is 0 Å². The first-order chi connectivity index (χ1) is 8.20. The Hall–Kier alpha value is -2.07. The van der Waals surface area contributed by atoms with Crippen LogP contribution < -0.4 is 4.74 Å². The summed E-state index contributed by atoms with van der Waals surface area (Å²) in [6.45, 7) is 0.217. The molecule has 2 N–H and O–H groups in total. The molecule has 88 valence electrons. The molecule has 0 saturated carbocycles. The Kier molecular flexibility index (Phi) is 3.25. The van der Waals surface area contributed by atoms with E-state index in [4.69, 9.17) is 14.9 Å². The topological polar surface area (TPSA) is 66.8 Å². The highest BCUT2D eigenvalue weighted by Gasteiger charge is 2.04. The molecule has 0 fully saturated rings. The summed E-state index contributed by atoms with van der Waals surface area (Å²) in [6, 6.07) is 10.3. The number of hydrogen-bond acceptors (Lipinski definition) is 3. The van der Waals surface area contributed by atoms with Crippen LogP contribution in [-0.4, -0.2) is 29.4 Å². The van der Waals surface area contributed by atoms with Gasteiger partial charge in [0.05, 0.1) is 12.2 Å². The zero-order chi connectivity index (χ0) is 12.3. The normalized spacial score (nSPS) is 10.4. The molecular weight excluding hydrogens is 220 g/mol. The van der Waals surface area contributed by atoms with Crippen LogP contribution in [0.25, 0.3) is 10.8 Å². The van der Waals surface area contributed by atoms with Crippen LogP contribution in [0.2, 0.25) is 0 Å². The van der Waals surface area contributed by atoms with Crippen molar-refractivity contribution in [1.82, 2.24) is 0 Å². The lowest BCUT2D eigenvalue weighted by atomic mass is 10.1. The summed E-state index contributed by atoms with van der Waals surface area (Å²) in [4.78, 5) is 10.8. The third-order valence-corrected chi connectivity index (χ3v) is 2.42. The van der Waals surface area contributed by atoms with Gasteiger partial charge in [-0.1, -0.05) is 12.1 Å². The predicted octanol–water partition coefficient (Wildman–Crippen LogP) is 1.91. The van der Waals surface area contributed by atoms with Crippen LogP contribution in [0.5, 0.6) is 5.75 Å². The number of ether oxygens (including phenoxy) is 1. The van der Waals surface area contributed by atoms with Gasteiger partial charge in [0.15, 0.2) is 0 Å². The highest BCUT2D eigenvalue weighted by molar-refractivity contribution is 5.94. The second-order valence-electron chi connectivity index (χ2n) is 3.60. The highest BCUT2D eigenvalue weighted by Crippen LogP contribution is 2.22. The highest BCUT2D eigenvalue weighted by atomic mass is 16.5. The second-order valence-corrected chi connectivity index (χ2v) is 3.60. The number of aliphatic hydroxyl groups is 1. The molecule has 0 atom stereocenters. The van der Waals surface area contributed by atoms with Gasteiger partial charge in [-0.2, -0.15) is 0 Å². The van der Waals surface area contributed by atoms with Crippen LogP contribution in [0.3, 0.4) is 0 Å². The molecule has 2 rings (SSSR count). The molecule has 0 aliphatic rings. The number of fused-ring (bicyclic) bond motifs is 1. The van der Waals surface area contributed by atoms with Crippen LogP contribution >= 0.6 is 0 Å².